The molecule has 1 saturated heterocycles. The Morgan fingerprint density at radius 3 is 2.31 bits per heavy atom. The first-order valence-electron chi connectivity index (χ1n) is 10.1. The lowest BCUT2D eigenvalue weighted by Crippen LogP contribution is -2.50. The topological polar surface area (TPSA) is 83.7 Å². The van der Waals surface area contributed by atoms with Crippen molar-refractivity contribution in [3.8, 4) is 0 Å². The van der Waals surface area contributed by atoms with Crippen LogP contribution in [-0.2, 0) is 16.4 Å². The fraction of sp³-hybridized carbons (Fsp3) is 0.524. The monoisotopic (exact) mass is 419 g/mol. The molecule has 0 saturated carbocycles. The summed E-state index contributed by atoms with van der Waals surface area (Å²) in [6, 6.07) is 7.09. The molecule has 1 fully saturated rings. The molecule has 1 aliphatic rings. The Kier molecular flexibility index (Phi) is 6.43. The summed E-state index contributed by atoms with van der Waals surface area (Å²) in [5.74, 6) is 0.482. The highest BCUT2D eigenvalue weighted by Gasteiger charge is 2.33. The van der Waals surface area contributed by atoms with Crippen molar-refractivity contribution in [3.05, 3.63) is 46.8 Å². The fourth-order valence-corrected chi connectivity index (χ4v) is 5.02. The molecule has 1 aromatic heterocycles. The Balaban J connectivity index is 1.70. The van der Waals surface area contributed by atoms with E-state index in [0.29, 0.717) is 35.0 Å². The molecule has 0 spiro atoms. The van der Waals surface area contributed by atoms with E-state index in [4.69, 9.17) is 4.52 Å². The lowest BCUT2D eigenvalue weighted by atomic mass is 10.0. The number of aromatic nitrogens is 1. The van der Waals surface area contributed by atoms with Gasteiger partial charge in [-0.15, -0.1) is 0 Å². The summed E-state index contributed by atoms with van der Waals surface area (Å²) in [4.78, 5) is 15.0. The predicted molar refractivity (Wildman–Crippen MR) is 110 cm³/mol. The van der Waals surface area contributed by atoms with Gasteiger partial charge in [-0.2, -0.15) is 4.31 Å². The molecular weight excluding hydrogens is 390 g/mol. The summed E-state index contributed by atoms with van der Waals surface area (Å²) in [5, 5.41) is 3.94. The minimum Gasteiger partial charge on any atom is -0.360 e. The number of hydrogen-bond donors (Lipinski definition) is 0. The second-order valence-electron chi connectivity index (χ2n) is 7.75. The van der Waals surface area contributed by atoms with E-state index in [0.717, 1.165) is 18.4 Å². The first-order valence-corrected chi connectivity index (χ1v) is 11.5. The van der Waals surface area contributed by atoms with Gasteiger partial charge in [-0.25, -0.2) is 8.42 Å². The third kappa shape index (κ3) is 4.38. The van der Waals surface area contributed by atoms with Gasteiger partial charge in [-0.05, 0) is 31.0 Å². The summed E-state index contributed by atoms with van der Waals surface area (Å²) in [5.41, 5.74) is 2.20. The third-order valence-electron chi connectivity index (χ3n) is 5.25. The molecule has 8 heteroatoms. The van der Waals surface area contributed by atoms with E-state index in [1.807, 2.05) is 26.0 Å². The van der Waals surface area contributed by atoms with Crippen molar-refractivity contribution in [2.75, 3.05) is 26.2 Å². The number of carbonyl (C=O) groups excluding carboxylic acids is 1. The van der Waals surface area contributed by atoms with Crippen LogP contribution in [0, 0.1) is 6.92 Å². The van der Waals surface area contributed by atoms with Crippen molar-refractivity contribution in [2.24, 2.45) is 0 Å². The zero-order valence-corrected chi connectivity index (χ0v) is 18.3. The molecule has 1 aliphatic heterocycles. The predicted octanol–water partition coefficient (Wildman–Crippen LogP) is 3.21. The summed E-state index contributed by atoms with van der Waals surface area (Å²) in [6.07, 6.45) is 1.95. The minimum atomic E-state index is -3.56. The summed E-state index contributed by atoms with van der Waals surface area (Å²) < 4.78 is 32.7. The molecular formula is C21H29N3O4S. The van der Waals surface area contributed by atoms with Crippen LogP contribution < -0.4 is 0 Å². The average Bonchev–Trinajstić information content (AvgIpc) is 3.10. The standard InChI is InChI=1S/C21H29N3O4S/c1-5-6-17-7-9-18(10-8-17)29(26,27)24-13-11-23(12-14-24)21(25)19-16(4)22-28-20(19)15(2)3/h7-10,15H,5-6,11-14H2,1-4H3. The average molecular weight is 420 g/mol. The molecule has 2 heterocycles. The highest BCUT2D eigenvalue weighted by molar-refractivity contribution is 7.89. The van der Waals surface area contributed by atoms with Crippen LogP contribution in [0.2, 0.25) is 0 Å². The highest BCUT2D eigenvalue weighted by Crippen LogP contribution is 2.25. The number of sulfonamides is 1. The Morgan fingerprint density at radius 2 is 1.76 bits per heavy atom. The molecule has 0 bridgehead atoms. The Hall–Kier alpha value is -2.19. The highest BCUT2D eigenvalue weighted by atomic mass is 32.2. The Labute approximate surface area is 172 Å². The lowest BCUT2D eigenvalue weighted by Gasteiger charge is -2.34. The van der Waals surface area contributed by atoms with Crippen molar-refractivity contribution in [1.82, 2.24) is 14.4 Å². The van der Waals surface area contributed by atoms with Crippen LogP contribution in [0.15, 0.2) is 33.7 Å². The van der Waals surface area contributed by atoms with Gasteiger partial charge in [0.2, 0.25) is 10.0 Å². The van der Waals surface area contributed by atoms with Crippen molar-refractivity contribution in [1.29, 1.82) is 0 Å². The van der Waals surface area contributed by atoms with Gasteiger partial charge in [0.1, 0.15) is 5.56 Å². The summed E-state index contributed by atoms with van der Waals surface area (Å²) >= 11 is 0. The molecule has 0 N–H and O–H groups in total. The van der Waals surface area contributed by atoms with E-state index in [1.165, 1.54) is 4.31 Å². The van der Waals surface area contributed by atoms with E-state index in [1.54, 1.807) is 24.0 Å². The van der Waals surface area contributed by atoms with Crippen molar-refractivity contribution >= 4 is 15.9 Å². The molecule has 158 valence electrons. The molecule has 2 aromatic rings. The Morgan fingerprint density at radius 1 is 1.14 bits per heavy atom. The van der Waals surface area contributed by atoms with Crippen LogP contribution in [-0.4, -0.2) is 54.9 Å². The van der Waals surface area contributed by atoms with E-state index < -0.39 is 10.0 Å². The largest absolute Gasteiger partial charge is 0.360 e. The normalized spacial score (nSPS) is 15.8. The zero-order valence-electron chi connectivity index (χ0n) is 17.5. The number of benzene rings is 1. The number of rotatable bonds is 6. The van der Waals surface area contributed by atoms with Gasteiger partial charge in [-0.1, -0.05) is 44.5 Å². The maximum Gasteiger partial charge on any atom is 0.259 e. The minimum absolute atomic E-state index is 0.0486. The molecule has 0 aliphatic carbocycles. The van der Waals surface area contributed by atoms with Crippen LogP contribution in [0.1, 0.15) is 60.5 Å². The van der Waals surface area contributed by atoms with E-state index in [2.05, 4.69) is 12.1 Å². The molecule has 1 aromatic carbocycles. The van der Waals surface area contributed by atoms with Crippen molar-refractivity contribution in [2.45, 2.75) is 51.3 Å². The third-order valence-corrected chi connectivity index (χ3v) is 7.17. The fourth-order valence-electron chi connectivity index (χ4n) is 3.60. The SMILES string of the molecule is CCCc1ccc(S(=O)(=O)N2CCN(C(=O)c3c(C)noc3C(C)C)CC2)cc1. The van der Waals surface area contributed by atoms with Gasteiger partial charge >= 0.3 is 0 Å². The molecule has 0 unspecified atom stereocenters. The lowest BCUT2D eigenvalue weighted by molar-refractivity contribution is 0.0694. The van der Waals surface area contributed by atoms with Gasteiger partial charge in [-0.3, -0.25) is 4.79 Å². The van der Waals surface area contributed by atoms with Gasteiger partial charge in [0.15, 0.2) is 5.76 Å². The maximum atomic E-state index is 13.0. The van der Waals surface area contributed by atoms with Crippen molar-refractivity contribution in [3.63, 3.8) is 0 Å². The summed E-state index contributed by atoms with van der Waals surface area (Å²) in [7, 11) is -3.56. The summed E-state index contributed by atoms with van der Waals surface area (Å²) in [6.45, 7) is 8.97. The number of amides is 1. The van der Waals surface area contributed by atoms with Crippen LogP contribution >= 0.6 is 0 Å². The first kappa shape index (κ1) is 21.5. The van der Waals surface area contributed by atoms with Gasteiger partial charge in [0, 0.05) is 32.1 Å². The molecule has 7 nitrogen and oxygen atoms in total. The zero-order chi connectivity index (χ0) is 21.2. The van der Waals surface area contributed by atoms with Gasteiger partial charge in [0.25, 0.3) is 5.91 Å². The smallest absolute Gasteiger partial charge is 0.259 e. The number of nitrogens with zero attached hydrogens (tertiary/aromatic N) is 3. The van der Waals surface area contributed by atoms with Crippen LogP contribution in [0.5, 0.6) is 0 Å². The quantitative estimate of drug-likeness (QED) is 0.718. The molecule has 3 rings (SSSR count). The van der Waals surface area contributed by atoms with E-state index >= 15 is 0 Å². The second-order valence-corrected chi connectivity index (χ2v) is 9.69. The number of aryl methyl sites for hydroxylation is 2. The molecule has 0 radical (unpaired) electrons. The number of piperazine rings is 1. The van der Waals surface area contributed by atoms with Gasteiger partial charge < -0.3 is 9.42 Å². The Bertz CT molecular complexity index is 956. The van der Waals surface area contributed by atoms with Crippen LogP contribution in [0.25, 0.3) is 0 Å². The second kappa shape index (κ2) is 8.67. The van der Waals surface area contributed by atoms with Gasteiger partial charge in [0.05, 0.1) is 10.6 Å². The van der Waals surface area contributed by atoms with E-state index in [-0.39, 0.29) is 24.9 Å². The first-order chi connectivity index (χ1) is 13.8. The molecule has 29 heavy (non-hydrogen) atoms. The number of carbonyl (C=O) groups is 1. The molecule has 1 amide bonds. The number of hydrogen-bond acceptors (Lipinski definition) is 5. The van der Waals surface area contributed by atoms with Crippen molar-refractivity contribution < 1.29 is 17.7 Å². The van der Waals surface area contributed by atoms with Crippen LogP contribution in [0.4, 0.5) is 0 Å². The van der Waals surface area contributed by atoms with Crippen LogP contribution in [0.3, 0.4) is 0 Å². The molecule has 0 atom stereocenters. The maximum absolute atomic E-state index is 13.0. The van der Waals surface area contributed by atoms with E-state index in [9.17, 15) is 13.2 Å².